The van der Waals surface area contributed by atoms with Gasteiger partial charge in [-0.2, -0.15) is 0 Å². The Morgan fingerprint density at radius 2 is 1.96 bits per heavy atom. The average Bonchev–Trinajstić information content (AvgIpc) is 3.42. The maximum absolute atomic E-state index is 12.5. The molecule has 1 aromatic heterocycles. The van der Waals surface area contributed by atoms with Crippen LogP contribution in [-0.4, -0.2) is 64.5 Å². The van der Waals surface area contributed by atoms with Gasteiger partial charge in [0.15, 0.2) is 0 Å². The van der Waals surface area contributed by atoms with Gasteiger partial charge in [0.25, 0.3) is 0 Å². The molecule has 0 bridgehead atoms. The lowest BCUT2D eigenvalue weighted by Crippen LogP contribution is -2.55. The lowest BCUT2D eigenvalue weighted by Gasteiger charge is -2.33. The van der Waals surface area contributed by atoms with Crippen LogP contribution in [0.4, 0.5) is 0 Å². The molecule has 5 rings (SSSR count). The number of likely N-dealkylation sites (N-methyl/N-ethyl adjacent to an activating group) is 1. The zero-order valence-corrected chi connectivity index (χ0v) is 16.2. The molecule has 7 heteroatoms. The van der Waals surface area contributed by atoms with Gasteiger partial charge in [0.1, 0.15) is 17.6 Å². The van der Waals surface area contributed by atoms with Crippen molar-refractivity contribution in [1.82, 2.24) is 19.4 Å². The van der Waals surface area contributed by atoms with Gasteiger partial charge in [-0.05, 0) is 48.9 Å². The fourth-order valence-electron chi connectivity index (χ4n) is 4.91. The number of amides is 2. The number of methoxy groups -OCH3 is 1. The van der Waals surface area contributed by atoms with Crippen LogP contribution in [-0.2, 0) is 22.4 Å². The third-order valence-electron chi connectivity index (χ3n) is 6.35. The van der Waals surface area contributed by atoms with Crippen molar-refractivity contribution >= 4 is 11.8 Å². The van der Waals surface area contributed by atoms with Gasteiger partial charge in [0.05, 0.1) is 25.3 Å². The molecular weight excluding hydrogens is 356 g/mol. The third-order valence-corrected chi connectivity index (χ3v) is 6.35. The molecule has 2 aliphatic heterocycles. The SMILES string of the molecule is COc1cc2c(cc1-c1nccn1[C@H]1C[C@H]3C(=O)N(C)CC(=O)N3C1)CCC2. The molecule has 3 heterocycles. The van der Waals surface area contributed by atoms with Gasteiger partial charge in [-0.3, -0.25) is 9.59 Å². The zero-order chi connectivity index (χ0) is 19.4. The molecule has 0 spiro atoms. The van der Waals surface area contributed by atoms with Crippen molar-refractivity contribution < 1.29 is 14.3 Å². The van der Waals surface area contributed by atoms with E-state index in [0.29, 0.717) is 13.0 Å². The van der Waals surface area contributed by atoms with Crippen molar-refractivity contribution in [1.29, 1.82) is 0 Å². The highest BCUT2D eigenvalue weighted by molar-refractivity contribution is 5.95. The minimum Gasteiger partial charge on any atom is -0.496 e. The number of ether oxygens (including phenoxy) is 1. The van der Waals surface area contributed by atoms with Crippen LogP contribution in [0.2, 0.25) is 0 Å². The first-order chi connectivity index (χ1) is 13.6. The number of carbonyl (C=O) groups excluding carboxylic acids is 2. The minimum atomic E-state index is -0.367. The van der Waals surface area contributed by atoms with Crippen LogP contribution >= 0.6 is 0 Å². The summed E-state index contributed by atoms with van der Waals surface area (Å²) in [6.45, 7) is 0.706. The fraction of sp³-hybridized carbons (Fsp3) is 0.476. The quantitative estimate of drug-likeness (QED) is 0.812. The van der Waals surface area contributed by atoms with Gasteiger partial charge in [-0.25, -0.2) is 4.98 Å². The average molecular weight is 380 g/mol. The number of rotatable bonds is 3. The third kappa shape index (κ3) is 2.52. The van der Waals surface area contributed by atoms with E-state index in [0.717, 1.165) is 30.0 Å². The van der Waals surface area contributed by atoms with Crippen LogP contribution in [0.25, 0.3) is 11.4 Å². The summed E-state index contributed by atoms with van der Waals surface area (Å²) in [5.74, 6) is 1.71. The van der Waals surface area contributed by atoms with Gasteiger partial charge in [0.2, 0.25) is 11.8 Å². The summed E-state index contributed by atoms with van der Waals surface area (Å²) in [6.07, 6.45) is 7.71. The summed E-state index contributed by atoms with van der Waals surface area (Å²) < 4.78 is 7.79. The van der Waals surface area contributed by atoms with Gasteiger partial charge in [0, 0.05) is 26.0 Å². The van der Waals surface area contributed by atoms with Crippen molar-refractivity contribution in [3.05, 3.63) is 35.7 Å². The second-order valence-electron chi connectivity index (χ2n) is 7.98. The standard InChI is InChI=1S/C21H24N4O3/c1-23-12-19(26)25-11-15(10-17(25)21(23)27)24-7-6-22-20(24)16-8-13-4-3-5-14(13)9-18(16)28-2/h6-9,15,17H,3-5,10-12H2,1-2H3/t15-,17-/m0/s1. The number of hydrogen-bond acceptors (Lipinski definition) is 4. The predicted octanol–water partition coefficient (Wildman–Crippen LogP) is 1.66. The smallest absolute Gasteiger partial charge is 0.245 e. The minimum absolute atomic E-state index is 0.0198. The van der Waals surface area contributed by atoms with Crippen LogP contribution in [0.5, 0.6) is 5.75 Å². The van der Waals surface area contributed by atoms with E-state index in [2.05, 4.69) is 21.7 Å². The van der Waals surface area contributed by atoms with Crippen molar-refractivity contribution in [2.75, 3.05) is 27.2 Å². The molecule has 2 amide bonds. The first-order valence-corrected chi connectivity index (χ1v) is 9.84. The number of nitrogens with zero attached hydrogens (tertiary/aromatic N) is 4. The van der Waals surface area contributed by atoms with Gasteiger partial charge in [-0.15, -0.1) is 0 Å². The summed E-state index contributed by atoms with van der Waals surface area (Å²) in [6, 6.07) is 4.00. The maximum Gasteiger partial charge on any atom is 0.245 e. The number of benzene rings is 1. The summed E-state index contributed by atoms with van der Waals surface area (Å²) in [7, 11) is 3.39. The van der Waals surface area contributed by atoms with Gasteiger partial charge in [-0.1, -0.05) is 0 Å². The van der Waals surface area contributed by atoms with Crippen LogP contribution in [0.3, 0.4) is 0 Å². The molecule has 146 valence electrons. The van der Waals surface area contributed by atoms with E-state index in [9.17, 15) is 9.59 Å². The molecule has 0 N–H and O–H groups in total. The van der Waals surface area contributed by atoms with Crippen LogP contribution in [0.15, 0.2) is 24.5 Å². The normalized spacial score (nSPS) is 23.9. The van der Waals surface area contributed by atoms with Crippen LogP contribution in [0, 0.1) is 0 Å². The highest BCUT2D eigenvalue weighted by atomic mass is 16.5. The van der Waals surface area contributed by atoms with E-state index in [1.165, 1.54) is 22.4 Å². The summed E-state index contributed by atoms with van der Waals surface area (Å²) >= 11 is 0. The van der Waals surface area contributed by atoms with Crippen molar-refractivity contribution in [2.24, 2.45) is 0 Å². The molecule has 0 unspecified atom stereocenters. The topological polar surface area (TPSA) is 67.7 Å². The van der Waals surface area contributed by atoms with Crippen LogP contribution in [0.1, 0.15) is 30.0 Å². The number of hydrogen-bond donors (Lipinski definition) is 0. The van der Waals surface area contributed by atoms with Gasteiger partial charge >= 0.3 is 0 Å². The summed E-state index contributed by atoms with van der Waals surface area (Å²) in [5.41, 5.74) is 3.70. The Balaban J connectivity index is 1.51. The number of aromatic nitrogens is 2. The van der Waals surface area contributed by atoms with E-state index in [4.69, 9.17) is 4.74 Å². The fourth-order valence-corrected chi connectivity index (χ4v) is 4.91. The maximum atomic E-state index is 12.5. The number of carbonyl (C=O) groups is 2. The van der Waals surface area contributed by atoms with E-state index >= 15 is 0 Å². The molecule has 2 atom stereocenters. The molecule has 0 radical (unpaired) electrons. The lowest BCUT2D eigenvalue weighted by molar-refractivity contribution is -0.152. The number of fused-ring (bicyclic) bond motifs is 2. The monoisotopic (exact) mass is 380 g/mol. The largest absolute Gasteiger partial charge is 0.496 e. The Labute approximate surface area is 163 Å². The molecule has 28 heavy (non-hydrogen) atoms. The number of imidazole rings is 1. The molecular formula is C21H24N4O3. The first-order valence-electron chi connectivity index (χ1n) is 9.84. The second-order valence-corrected chi connectivity index (χ2v) is 7.98. The van der Waals surface area contributed by atoms with E-state index in [1.54, 1.807) is 25.3 Å². The number of piperazine rings is 1. The molecule has 3 aliphatic rings. The molecule has 2 aromatic rings. The Morgan fingerprint density at radius 3 is 2.75 bits per heavy atom. The van der Waals surface area contributed by atoms with Gasteiger partial charge < -0.3 is 19.1 Å². The molecule has 1 aliphatic carbocycles. The van der Waals surface area contributed by atoms with Crippen molar-refractivity contribution in [2.45, 2.75) is 37.8 Å². The second kappa shape index (κ2) is 6.36. The molecule has 2 fully saturated rings. The molecule has 0 saturated carbocycles. The highest BCUT2D eigenvalue weighted by Crippen LogP contribution is 2.38. The Bertz CT molecular complexity index is 967. The van der Waals surface area contributed by atoms with Crippen LogP contribution < -0.4 is 4.74 Å². The predicted molar refractivity (Wildman–Crippen MR) is 103 cm³/mol. The molecule has 7 nitrogen and oxygen atoms in total. The van der Waals surface area contributed by atoms with Crippen molar-refractivity contribution in [3.63, 3.8) is 0 Å². The first kappa shape index (κ1) is 17.3. The van der Waals surface area contributed by atoms with Crippen molar-refractivity contribution in [3.8, 4) is 17.1 Å². The Morgan fingerprint density at radius 1 is 1.18 bits per heavy atom. The van der Waals surface area contributed by atoms with E-state index in [-0.39, 0.29) is 30.4 Å². The molecule has 1 aromatic carbocycles. The summed E-state index contributed by atoms with van der Waals surface area (Å²) in [5, 5.41) is 0. The van der Waals surface area contributed by atoms with E-state index < -0.39 is 0 Å². The summed E-state index contributed by atoms with van der Waals surface area (Å²) in [4.78, 5) is 32.8. The zero-order valence-electron chi connectivity index (χ0n) is 16.2. The Hall–Kier alpha value is -2.83. The number of aryl methyl sites for hydroxylation is 2. The highest BCUT2D eigenvalue weighted by Gasteiger charge is 2.45. The lowest BCUT2D eigenvalue weighted by atomic mass is 10.0. The molecule has 2 saturated heterocycles. The van der Waals surface area contributed by atoms with E-state index in [1.807, 2.05) is 6.20 Å². The Kier molecular flexibility index (Phi) is 3.92.